The summed E-state index contributed by atoms with van der Waals surface area (Å²) in [5.41, 5.74) is 1.22. The molecule has 0 aliphatic carbocycles. The molecule has 108 valence electrons. The molecule has 0 aromatic heterocycles. The number of hydrogen-bond acceptors (Lipinski definition) is 2. The van der Waals surface area contributed by atoms with Crippen molar-refractivity contribution in [2.45, 2.75) is 33.2 Å². The smallest absolute Gasteiger partial charge is 0.0595 e. The number of rotatable bonds is 8. The summed E-state index contributed by atoms with van der Waals surface area (Å²) in [6, 6.07) is 6.34. The Morgan fingerprint density at radius 2 is 1.84 bits per heavy atom. The zero-order chi connectivity index (χ0) is 14.3. The van der Waals surface area contributed by atoms with Crippen molar-refractivity contribution in [2.24, 2.45) is 0 Å². The fraction of sp³-hybridized carbons (Fsp3) is 0.600. The Morgan fingerprint density at radius 1 is 1.16 bits per heavy atom. The highest BCUT2D eigenvalue weighted by molar-refractivity contribution is 6.42. The zero-order valence-electron chi connectivity index (χ0n) is 12.0. The second kappa shape index (κ2) is 8.80. The molecule has 1 unspecified atom stereocenters. The minimum absolute atomic E-state index is 0.502. The minimum Gasteiger partial charge on any atom is -0.313 e. The molecule has 0 heterocycles. The van der Waals surface area contributed by atoms with Crippen LogP contribution in [0.15, 0.2) is 18.2 Å². The number of hydrogen-bond donors (Lipinski definition) is 1. The van der Waals surface area contributed by atoms with Crippen LogP contribution in [-0.2, 0) is 6.42 Å². The summed E-state index contributed by atoms with van der Waals surface area (Å²) in [5.74, 6) is 0. The zero-order valence-corrected chi connectivity index (χ0v) is 13.6. The third-order valence-corrected chi connectivity index (χ3v) is 4.06. The first-order valence-electron chi connectivity index (χ1n) is 6.96. The van der Waals surface area contributed by atoms with E-state index in [2.05, 4.69) is 31.0 Å². The van der Waals surface area contributed by atoms with E-state index in [1.807, 2.05) is 18.2 Å². The van der Waals surface area contributed by atoms with Crippen molar-refractivity contribution in [3.63, 3.8) is 0 Å². The van der Waals surface area contributed by atoms with Gasteiger partial charge in [0.25, 0.3) is 0 Å². The summed E-state index contributed by atoms with van der Waals surface area (Å²) in [4.78, 5) is 2.43. The Labute approximate surface area is 127 Å². The molecule has 1 aromatic rings. The molecule has 1 rings (SSSR count). The van der Waals surface area contributed by atoms with Crippen LogP contribution in [-0.4, -0.2) is 37.1 Å². The molecular formula is C15H24Cl2N2. The second-order valence-electron chi connectivity index (χ2n) is 4.84. The maximum atomic E-state index is 6.00. The van der Waals surface area contributed by atoms with Crippen molar-refractivity contribution < 1.29 is 0 Å². The number of benzene rings is 1. The number of nitrogens with zero attached hydrogens (tertiary/aromatic N) is 1. The van der Waals surface area contributed by atoms with Gasteiger partial charge in [-0.3, -0.25) is 0 Å². The van der Waals surface area contributed by atoms with E-state index in [9.17, 15) is 0 Å². The fourth-order valence-electron chi connectivity index (χ4n) is 2.09. The molecule has 1 N–H and O–H groups in total. The summed E-state index contributed by atoms with van der Waals surface area (Å²) in [7, 11) is 0. The lowest BCUT2D eigenvalue weighted by molar-refractivity contribution is 0.272. The number of halogens is 2. The van der Waals surface area contributed by atoms with Gasteiger partial charge >= 0.3 is 0 Å². The normalized spacial score (nSPS) is 12.9. The van der Waals surface area contributed by atoms with Crippen LogP contribution in [0, 0.1) is 0 Å². The third kappa shape index (κ3) is 6.13. The highest BCUT2D eigenvalue weighted by Crippen LogP contribution is 2.22. The van der Waals surface area contributed by atoms with Gasteiger partial charge in [0.2, 0.25) is 0 Å². The quantitative estimate of drug-likeness (QED) is 0.784. The molecule has 4 heteroatoms. The van der Waals surface area contributed by atoms with E-state index >= 15 is 0 Å². The van der Waals surface area contributed by atoms with Crippen LogP contribution in [0.1, 0.15) is 26.3 Å². The monoisotopic (exact) mass is 302 g/mol. The van der Waals surface area contributed by atoms with Crippen LogP contribution in [0.25, 0.3) is 0 Å². The van der Waals surface area contributed by atoms with E-state index in [1.165, 1.54) is 5.56 Å². The molecule has 0 fully saturated rings. The molecular weight excluding hydrogens is 279 g/mol. The maximum absolute atomic E-state index is 6.00. The lowest BCUT2D eigenvalue weighted by Gasteiger charge is -2.23. The lowest BCUT2D eigenvalue weighted by atomic mass is 10.1. The van der Waals surface area contributed by atoms with E-state index in [1.54, 1.807) is 0 Å². The Bertz CT molecular complexity index is 378. The molecule has 0 radical (unpaired) electrons. The SMILES string of the molecule is CCN(CC)CC(C)NCCc1ccc(Cl)c(Cl)c1. The largest absolute Gasteiger partial charge is 0.313 e. The maximum Gasteiger partial charge on any atom is 0.0595 e. The molecule has 0 bridgehead atoms. The van der Waals surface area contributed by atoms with Crippen molar-refractivity contribution in [1.29, 1.82) is 0 Å². The van der Waals surface area contributed by atoms with Gasteiger partial charge in [0.05, 0.1) is 10.0 Å². The molecule has 0 amide bonds. The molecule has 0 aliphatic rings. The van der Waals surface area contributed by atoms with Gasteiger partial charge in [-0.2, -0.15) is 0 Å². The Balaban J connectivity index is 2.31. The van der Waals surface area contributed by atoms with Gasteiger partial charge in [-0.15, -0.1) is 0 Å². The second-order valence-corrected chi connectivity index (χ2v) is 5.65. The van der Waals surface area contributed by atoms with Gasteiger partial charge in [0.15, 0.2) is 0 Å². The van der Waals surface area contributed by atoms with Gasteiger partial charge in [0.1, 0.15) is 0 Å². The summed E-state index contributed by atoms with van der Waals surface area (Å²) < 4.78 is 0. The first-order valence-corrected chi connectivity index (χ1v) is 7.72. The molecule has 1 aromatic carbocycles. The predicted molar refractivity (Wildman–Crippen MR) is 85.4 cm³/mol. The Kier molecular flexibility index (Phi) is 7.77. The highest BCUT2D eigenvalue weighted by Gasteiger charge is 2.06. The van der Waals surface area contributed by atoms with Crippen LogP contribution in [0.5, 0.6) is 0 Å². The Morgan fingerprint density at radius 3 is 2.42 bits per heavy atom. The first kappa shape index (κ1) is 16.8. The number of nitrogens with one attached hydrogen (secondary N) is 1. The van der Waals surface area contributed by atoms with E-state index in [0.29, 0.717) is 16.1 Å². The molecule has 0 saturated carbocycles. The van der Waals surface area contributed by atoms with Crippen LogP contribution < -0.4 is 5.32 Å². The van der Waals surface area contributed by atoms with E-state index < -0.39 is 0 Å². The molecule has 2 nitrogen and oxygen atoms in total. The summed E-state index contributed by atoms with van der Waals surface area (Å²) in [6.45, 7) is 10.9. The first-order chi connectivity index (χ1) is 9.06. The van der Waals surface area contributed by atoms with Crippen molar-refractivity contribution in [3.8, 4) is 0 Å². The highest BCUT2D eigenvalue weighted by atomic mass is 35.5. The van der Waals surface area contributed by atoms with Gasteiger partial charge < -0.3 is 10.2 Å². The molecule has 1 atom stereocenters. The van der Waals surface area contributed by atoms with Crippen molar-refractivity contribution >= 4 is 23.2 Å². The average molecular weight is 303 g/mol. The van der Waals surface area contributed by atoms with Gasteiger partial charge in [-0.25, -0.2) is 0 Å². The van der Waals surface area contributed by atoms with Crippen molar-refractivity contribution in [1.82, 2.24) is 10.2 Å². The standard InChI is InChI=1S/C15H24Cl2N2/c1-4-19(5-2)11-12(3)18-9-8-13-6-7-14(16)15(17)10-13/h6-7,10,12,18H,4-5,8-9,11H2,1-3H3. The molecule has 0 saturated heterocycles. The summed E-state index contributed by atoms with van der Waals surface area (Å²) in [6.07, 6.45) is 0.972. The van der Waals surface area contributed by atoms with Crippen LogP contribution in [0.2, 0.25) is 10.0 Å². The fourth-order valence-corrected chi connectivity index (χ4v) is 2.41. The molecule has 0 spiro atoms. The van der Waals surface area contributed by atoms with Crippen LogP contribution in [0.4, 0.5) is 0 Å². The van der Waals surface area contributed by atoms with E-state index in [4.69, 9.17) is 23.2 Å². The Hall–Kier alpha value is -0.280. The summed E-state index contributed by atoms with van der Waals surface area (Å²) >= 11 is 11.9. The summed E-state index contributed by atoms with van der Waals surface area (Å²) in [5, 5.41) is 4.80. The van der Waals surface area contributed by atoms with Crippen molar-refractivity contribution in [2.75, 3.05) is 26.2 Å². The van der Waals surface area contributed by atoms with E-state index in [0.717, 1.165) is 32.6 Å². The van der Waals surface area contributed by atoms with E-state index in [-0.39, 0.29) is 0 Å². The number of likely N-dealkylation sites (N-methyl/N-ethyl adjacent to an activating group) is 1. The van der Waals surface area contributed by atoms with Crippen molar-refractivity contribution in [3.05, 3.63) is 33.8 Å². The average Bonchev–Trinajstić information content (AvgIpc) is 2.40. The molecule has 19 heavy (non-hydrogen) atoms. The predicted octanol–water partition coefficient (Wildman–Crippen LogP) is 3.86. The van der Waals surface area contributed by atoms with Gasteiger partial charge in [-0.1, -0.05) is 43.1 Å². The molecule has 0 aliphatic heterocycles. The van der Waals surface area contributed by atoms with Gasteiger partial charge in [0, 0.05) is 12.6 Å². The lowest BCUT2D eigenvalue weighted by Crippen LogP contribution is -2.39. The van der Waals surface area contributed by atoms with Crippen LogP contribution in [0.3, 0.4) is 0 Å². The van der Waals surface area contributed by atoms with Crippen LogP contribution >= 0.6 is 23.2 Å². The van der Waals surface area contributed by atoms with Gasteiger partial charge in [-0.05, 0) is 50.7 Å². The third-order valence-electron chi connectivity index (χ3n) is 3.32. The minimum atomic E-state index is 0.502. The topological polar surface area (TPSA) is 15.3 Å².